The lowest BCUT2D eigenvalue weighted by molar-refractivity contribution is 0.0977. The summed E-state index contributed by atoms with van der Waals surface area (Å²) in [6.45, 7) is 2.81. The molecule has 0 spiro atoms. The summed E-state index contributed by atoms with van der Waals surface area (Å²) in [6, 6.07) is 14.8. The minimum atomic E-state index is -0.235. The second-order valence-electron chi connectivity index (χ2n) is 5.15. The van der Waals surface area contributed by atoms with E-state index in [0.29, 0.717) is 12.2 Å². The Morgan fingerprint density at radius 3 is 2.75 bits per heavy atom. The largest absolute Gasteiger partial charge is 0.494 e. The maximum absolute atomic E-state index is 12.2. The number of carbonyl (C=O) groups is 1. The first-order valence-corrected chi connectivity index (χ1v) is 9.18. The van der Waals surface area contributed by atoms with Crippen molar-refractivity contribution in [3.63, 3.8) is 0 Å². The number of carbonyl (C=O) groups excluding carboxylic acids is 1. The molecule has 0 saturated heterocycles. The average Bonchev–Trinajstić information content (AvgIpc) is 2.55. The highest BCUT2D eigenvalue weighted by molar-refractivity contribution is 14.1. The minimum Gasteiger partial charge on any atom is -0.494 e. The number of unbranched alkanes of at least 4 members (excludes halogenated alkanes) is 1. The van der Waals surface area contributed by atoms with Crippen LogP contribution in [0.15, 0.2) is 48.5 Å². The van der Waals surface area contributed by atoms with Gasteiger partial charge in [-0.1, -0.05) is 25.5 Å². The van der Waals surface area contributed by atoms with Gasteiger partial charge in [0.25, 0.3) is 5.91 Å². The van der Waals surface area contributed by atoms with Gasteiger partial charge in [-0.25, -0.2) is 0 Å². The maximum atomic E-state index is 12.2. The van der Waals surface area contributed by atoms with Crippen molar-refractivity contribution >= 4 is 51.5 Å². The first-order chi connectivity index (χ1) is 11.6. The standard InChI is InChI=1S/C18H19IN2O2S/c1-2-3-10-23-16-9-5-8-15(12-16)20-18(24)21-17(22)13-6-4-7-14(19)11-13/h4-9,11-12H,2-3,10H2,1H3,(H2,20,21,22,24). The smallest absolute Gasteiger partial charge is 0.257 e. The lowest BCUT2D eigenvalue weighted by atomic mass is 10.2. The van der Waals surface area contributed by atoms with E-state index in [1.54, 1.807) is 12.1 Å². The average molecular weight is 454 g/mol. The molecule has 2 N–H and O–H groups in total. The number of hydrogen-bond acceptors (Lipinski definition) is 3. The molecule has 0 aromatic heterocycles. The third-order valence-corrected chi connectivity index (χ3v) is 4.05. The number of ether oxygens (including phenoxy) is 1. The molecule has 0 aliphatic carbocycles. The van der Waals surface area contributed by atoms with Crippen LogP contribution in [0.25, 0.3) is 0 Å². The zero-order valence-corrected chi connectivity index (χ0v) is 16.3. The van der Waals surface area contributed by atoms with Crippen LogP contribution in [0.5, 0.6) is 5.75 Å². The summed E-state index contributed by atoms with van der Waals surface area (Å²) in [7, 11) is 0. The molecule has 0 heterocycles. The predicted molar refractivity (Wildman–Crippen MR) is 110 cm³/mol. The van der Waals surface area contributed by atoms with E-state index in [0.717, 1.165) is 27.8 Å². The Kier molecular flexibility index (Phi) is 7.45. The molecule has 0 fully saturated rings. The zero-order valence-electron chi connectivity index (χ0n) is 13.3. The van der Waals surface area contributed by atoms with Gasteiger partial charge >= 0.3 is 0 Å². The molecule has 4 nitrogen and oxygen atoms in total. The number of halogens is 1. The van der Waals surface area contributed by atoms with Gasteiger partial charge in [0.2, 0.25) is 0 Å². The van der Waals surface area contributed by atoms with Gasteiger partial charge in [0.15, 0.2) is 5.11 Å². The Morgan fingerprint density at radius 1 is 1.21 bits per heavy atom. The summed E-state index contributed by atoms with van der Waals surface area (Å²) < 4.78 is 6.66. The first kappa shape index (κ1) is 18.7. The second-order valence-corrected chi connectivity index (χ2v) is 6.80. The fourth-order valence-electron chi connectivity index (χ4n) is 1.97. The van der Waals surface area contributed by atoms with Gasteiger partial charge in [-0.3, -0.25) is 10.1 Å². The molecule has 0 aliphatic rings. The van der Waals surface area contributed by atoms with Crippen molar-refractivity contribution in [3.8, 4) is 5.75 Å². The Hall–Kier alpha value is -1.67. The molecule has 0 radical (unpaired) electrons. The number of anilines is 1. The highest BCUT2D eigenvalue weighted by Crippen LogP contribution is 2.17. The van der Waals surface area contributed by atoms with E-state index in [1.807, 2.05) is 36.4 Å². The molecule has 0 atom stereocenters. The van der Waals surface area contributed by atoms with Crippen LogP contribution in [-0.2, 0) is 0 Å². The van der Waals surface area contributed by atoms with Crippen molar-refractivity contribution < 1.29 is 9.53 Å². The summed E-state index contributed by atoms with van der Waals surface area (Å²) in [6.07, 6.45) is 2.11. The van der Waals surface area contributed by atoms with Crippen LogP contribution in [-0.4, -0.2) is 17.6 Å². The highest BCUT2D eigenvalue weighted by atomic mass is 127. The summed E-state index contributed by atoms with van der Waals surface area (Å²) in [4.78, 5) is 12.2. The Balaban J connectivity index is 1.92. The molecule has 24 heavy (non-hydrogen) atoms. The van der Waals surface area contributed by atoms with Crippen LogP contribution in [0.1, 0.15) is 30.1 Å². The lowest BCUT2D eigenvalue weighted by Gasteiger charge is -2.11. The van der Waals surface area contributed by atoms with E-state index < -0.39 is 0 Å². The first-order valence-electron chi connectivity index (χ1n) is 7.69. The van der Waals surface area contributed by atoms with Crippen molar-refractivity contribution in [1.29, 1.82) is 0 Å². The van der Waals surface area contributed by atoms with Gasteiger partial charge in [-0.15, -0.1) is 0 Å². The van der Waals surface area contributed by atoms with Crippen molar-refractivity contribution in [2.45, 2.75) is 19.8 Å². The van der Waals surface area contributed by atoms with E-state index in [1.165, 1.54) is 0 Å². The Morgan fingerprint density at radius 2 is 2.00 bits per heavy atom. The van der Waals surface area contributed by atoms with Crippen molar-refractivity contribution in [3.05, 3.63) is 57.7 Å². The third-order valence-electron chi connectivity index (χ3n) is 3.17. The van der Waals surface area contributed by atoms with Gasteiger partial charge in [-0.2, -0.15) is 0 Å². The van der Waals surface area contributed by atoms with Crippen LogP contribution >= 0.6 is 34.8 Å². The third kappa shape index (κ3) is 6.09. The van der Waals surface area contributed by atoms with E-state index in [9.17, 15) is 4.79 Å². The number of hydrogen-bond donors (Lipinski definition) is 2. The van der Waals surface area contributed by atoms with E-state index in [4.69, 9.17) is 17.0 Å². The number of rotatable bonds is 6. The minimum absolute atomic E-state index is 0.235. The predicted octanol–water partition coefficient (Wildman–Crippen LogP) is 4.60. The molecule has 0 bridgehead atoms. The monoisotopic (exact) mass is 454 g/mol. The van der Waals surface area contributed by atoms with Crippen molar-refractivity contribution in [1.82, 2.24) is 5.32 Å². The summed E-state index contributed by atoms with van der Waals surface area (Å²) in [5, 5.41) is 5.94. The molecule has 0 saturated carbocycles. The van der Waals surface area contributed by atoms with Gasteiger partial charge in [0.1, 0.15) is 5.75 Å². The SMILES string of the molecule is CCCCOc1cccc(NC(=S)NC(=O)c2cccc(I)c2)c1. The maximum Gasteiger partial charge on any atom is 0.257 e. The highest BCUT2D eigenvalue weighted by Gasteiger charge is 2.08. The van der Waals surface area contributed by atoms with Crippen LogP contribution < -0.4 is 15.4 Å². The summed E-state index contributed by atoms with van der Waals surface area (Å²) in [5.74, 6) is 0.543. The number of thiocarbonyl (C=S) groups is 1. The van der Waals surface area contributed by atoms with Crippen LogP contribution in [0.4, 0.5) is 5.69 Å². The summed E-state index contributed by atoms with van der Waals surface area (Å²) in [5.41, 5.74) is 1.35. The normalized spacial score (nSPS) is 10.1. The van der Waals surface area contributed by atoms with Gasteiger partial charge < -0.3 is 10.1 Å². The fraction of sp³-hybridized carbons (Fsp3) is 0.222. The van der Waals surface area contributed by atoms with E-state index >= 15 is 0 Å². The lowest BCUT2D eigenvalue weighted by Crippen LogP contribution is -2.34. The van der Waals surface area contributed by atoms with Crippen LogP contribution in [0.2, 0.25) is 0 Å². The topological polar surface area (TPSA) is 50.4 Å². The molecule has 6 heteroatoms. The molecule has 1 amide bonds. The van der Waals surface area contributed by atoms with Crippen molar-refractivity contribution in [2.24, 2.45) is 0 Å². The molecule has 2 aromatic carbocycles. The molecule has 0 aliphatic heterocycles. The van der Waals surface area contributed by atoms with Gasteiger partial charge in [0.05, 0.1) is 6.61 Å². The fourth-order valence-corrected chi connectivity index (χ4v) is 2.72. The second kappa shape index (κ2) is 9.58. The van der Waals surface area contributed by atoms with E-state index in [-0.39, 0.29) is 11.0 Å². The molecule has 2 rings (SSSR count). The van der Waals surface area contributed by atoms with Crippen LogP contribution in [0.3, 0.4) is 0 Å². The van der Waals surface area contributed by atoms with Crippen molar-refractivity contribution in [2.75, 3.05) is 11.9 Å². The number of benzene rings is 2. The molecular formula is C18H19IN2O2S. The summed E-state index contributed by atoms with van der Waals surface area (Å²) >= 11 is 7.37. The molecular weight excluding hydrogens is 435 g/mol. The Labute approximate surface area is 161 Å². The van der Waals surface area contributed by atoms with Crippen LogP contribution in [0, 0.1) is 3.57 Å². The quantitative estimate of drug-likeness (QED) is 0.381. The molecule has 0 unspecified atom stereocenters. The van der Waals surface area contributed by atoms with Gasteiger partial charge in [-0.05, 0) is 71.6 Å². The Bertz CT molecular complexity index is 722. The molecule has 2 aromatic rings. The number of amides is 1. The van der Waals surface area contributed by atoms with Gasteiger partial charge in [0, 0.05) is 20.9 Å². The van der Waals surface area contributed by atoms with E-state index in [2.05, 4.69) is 40.1 Å². The number of nitrogens with one attached hydrogen (secondary N) is 2. The zero-order chi connectivity index (χ0) is 17.4. The molecule has 126 valence electrons.